The highest BCUT2D eigenvalue weighted by Crippen LogP contribution is 2.19. The molecule has 8 heteroatoms. The first-order chi connectivity index (χ1) is 15.6. The van der Waals surface area contributed by atoms with Crippen LogP contribution >= 0.6 is 24.0 Å². The van der Waals surface area contributed by atoms with Crippen molar-refractivity contribution in [2.24, 2.45) is 4.99 Å². The van der Waals surface area contributed by atoms with Gasteiger partial charge in [-0.25, -0.2) is 9.67 Å². The van der Waals surface area contributed by atoms with Crippen LogP contribution in [0.1, 0.15) is 41.8 Å². The summed E-state index contributed by atoms with van der Waals surface area (Å²) in [6.07, 6.45) is 5.73. The first kappa shape index (κ1) is 25.0. The van der Waals surface area contributed by atoms with Gasteiger partial charge in [-0.05, 0) is 68.5 Å². The Morgan fingerprint density at radius 2 is 1.76 bits per heavy atom. The van der Waals surface area contributed by atoms with Gasteiger partial charge < -0.3 is 15.5 Å². The van der Waals surface area contributed by atoms with Crippen molar-refractivity contribution in [3.63, 3.8) is 0 Å². The lowest BCUT2D eigenvalue weighted by atomic mass is 10.1. The maximum absolute atomic E-state index is 4.64. The highest BCUT2D eigenvalue weighted by molar-refractivity contribution is 14.0. The Morgan fingerprint density at radius 3 is 2.48 bits per heavy atom. The zero-order chi connectivity index (χ0) is 22.3. The number of guanidine groups is 1. The maximum atomic E-state index is 4.64. The summed E-state index contributed by atoms with van der Waals surface area (Å²) in [6.45, 7) is 7.65. The molecule has 0 saturated carbocycles. The molecule has 0 amide bonds. The first-order valence-electron chi connectivity index (χ1n) is 11.4. The van der Waals surface area contributed by atoms with E-state index in [1.54, 1.807) is 7.05 Å². The summed E-state index contributed by atoms with van der Waals surface area (Å²) in [4.78, 5) is 11.4. The van der Waals surface area contributed by atoms with E-state index in [1.165, 1.54) is 24.8 Å². The topological polar surface area (TPSA) is 70.4 Å². The predicted molar refractivity (Wildman–Crippen MR) is 146 cm³/mol. The fourth-order valence-corrected chi connectivity index (χ4v) is 4.19. The van der Waals surface area contributed by atoms with Crippen LogP contribution in [-0.2, 0) is 13.1 Å². The van der Waals surface area contributed by atoms with Gasteiger partial charge >= 0.3 is 0 Å². The van der Waals surface area contributed by atoms with Crippen LogP contribution in [0.15, 0.2) is 53.7 Å². The summed E-state index contributed by atoms with van der Waals surface area (Å²) in [5.41, 5.74) is 5.59. The molecule has 0 aliphatic carbocycles. The number of aromatic nitrogens is 3. The standard InChI is InChI=1S/C25H33N7.HI/c1-19-15-20(2)32(30-19)23-10-6-5-9-22(23)18-29-25(26-3)28-17-21-11-12-27-24(16-21)31-13-7-4-8-14-31;/h5-6,9-12,15-16H,4,7-8,13-14,17-18H2,1-3H3,(H2,26,28,29);1H. The van der Waals surface area contributed by atoms with Gasteiger partial charge in [0.1, 0.15) is 5.82 Å². The molecule has 1 fully saturated rings. The van der Waals surface area contributed by atoms with Crippen molar-refractivity contribution in [3.8, 4) is 5.69 Å². The molecular formula is C25H34IN7. The molecule has 33 heavy (non-hydrogen) atoms. The molecule has 0 radical (unpaired) electrons. The van der Waals surface area contributed by atoms with Crippen molar-refractivity contribution < 1.29 is 0 Å². The Balaban J connectivity index is 0.00000306. The summed E-state index contributed by atoms with van der Waals surface area (Å²) in [6, 6.07) is 14.7. The zero-order valence-electron chi connectivity index (χ0n) is 19.7. The van der Waals surface area contributed by atoms with Crippen molar-refractivity contribution in [3.05, 3.63) is 71.2 Å². The molecule has 1 aliphatic heterocycles. The second kappa shape index (κ2) is 12.0. The number of anilines is 1. The first-order valence-corrected chi connectivity index (χ1v) is 11.4. The number of nitrogens with zero attached hydrogens (tertiary/aromatic N) is 5. The van der Waals surface area contributed by atoms with E-state index in [0.29, 0.717) is 13.1 Å². The van der Waals surface area contributed by atoms with E-state index in [-0.39, 0.29) is 24.0 Å². The van der Waals surface area contributed by atoms with Crippen molar-refractivity contribution >= 4 is 35.8 Å². The average Bonchev–Trinajstić information content (AvgIpc) is 3.17. The van der Waals surface area contributed by atoms with Crippen LogP contribution in [-0.4, -0.2) is 40.9 Å². The molecule has 0 bridgehead atoms. The van der Waals surface area contributed by atoms with Gasteiger partial charge in [0.05, 0.1) is 11.4 Å². The number of hydrogen-bond acceptors (Lipinski definition) is 4. The highest BCUT2D eigenvalue weighted by atomic mass is 127. The minimum absolute atomic E-state index is 0. The molecule has 7 nitrogen and oxygen atoms in total. The second-order valence-electron chi connectivity index (χ2n) is 8.32. The number of hydrogen-bond donors (Lipinski definition) is 2. The SMILES string of the molecule is CN=C(NCc1ccnc(N2CCCCC2)c1)NCc1ccccc1-n1nc(C)cc1C.I. The van der Waals surface area contributed by atoms with Crippen molar-refractivity contribution in [2.45, 2.75) is 46.2 Å². The van der Waals surface area contributed by atoms with Crippen LogP contribution in [0, 0.1) is 13.8 Å². The third-order valence-corrected chi connectivity index (χ3v) is 5.85. The molecule has 3 aromatic rings. The van der Waals surface area contributed by atoms with Crippen LogP contribution in [0.25, 0.3) is 5.69 Å². The molecule has 176 valence electrons. The summed E-state index contributed by atoms with van der Waals surface area (Å²) >= 11 is 0. The number of aliphatic imine (C=N–C) groups is 1. The second-order valence-corrected chi connectivity index (χ2v) is 8.32. The Hall–Kier alpha value is -2.62. The summed E-state index contributed by atoms with van der Waals surface area (Å²) in [5.74, 6) is 1.84. The van der Waals surface area contributed by atoms with Crippen LogP contribution in [0.3, 0.4) is 0 Å². The Kier molecular flexibility index (Phi) is 9.11. The van der Waals surface area contributed by atoms with Gasteiger partial charge in [-0.3, -0.25) is 4.99 Å². The average molecular weight is 560 g/mol. The fourth-order valence-electron chi connectivity index (χ4n) is 4.19. The summed E-state index contributed by atoms with van der Waals surface area (Å²) < 4.78 is 2.00. The number of halogens is 1. The number of nitrogens with one attached hydrogen (secondary N) is 2. The molecule has 0 atom stereocenters. The molecule has 2 N–H and O–H groups in total. The van der Waals surface area contributed by atoms with E-state index in [0.717, 1.165) is 47.5 Å². The fraction of sp³-hybridized carbons (Fsp3) is 0.400. The Bertz CT molecular complexity index is 1070. The lowest BCUT2D eigenvalue weighted by molar-refractivity contribution is 0.573. The van der Waals surface area contributed by atoms with Gasteiger partial charge in [-0.2, -0.15) is 5.10 Å². The molecule has 2 aromatic heterocycles. The normalized spacial score (nSPS) is 14.0. The van der Waals surface area contributed by atoms with Crippen LogP contribution in [0.2, 0.25) is 0 Å². The van der Waals surface area contributed by atoms with Crippen LogP contribution in [0.5, 0.6) is 0 Å². The molecule has 1 aliphatic rings. The van der Waals surface area contributed by atoms with E-state index in [1.807, 2.05) is 23.9 Å². The van der Waals surface area contributed by atoms with Gasteiger partial charge in [0.2, 0.25) is 0 Å². The number of rotatable bonds is 6. The van der Waals surface area contributed by atoms with E-state index in [4.69, 9.17) is 0 Å². The minimum Gasteiger partial charge on any atom is -0.357 e. The summed E-state index contributed by atoms with van der Waals surface area (Å²) in [7, 11) is 1.80. The van der Waals surface area contributed by atoms with Gasteiger partial charge in [-0.1, -0.05) is 18.2 Å². The summed E-state index contributed by atoms with van der Waals surface area (Å²) in [5, 5.41) is 11.5. The highest BCUT2D eigenvalue weighted by Gasteiger charge is 2.13. The lowest BCUT2D eigenvalue weighted by Gasteiger charge is -2.28. The van der Waals surface area contributed by atoms with Crippen LogP contribution in [0.4, 0.5) is 5.82 Å². The van der Waals surface area contributed by atoms with Gasteiger partial charge in [-0.15, -0.1) is 24.0 Å². The lowest BCUT2D eigenvalue weighted by Crippen LogP contribution is -2.36. The molecule has 0 unspecified atom stereocenters. The van der Waals surface area contributed by atoms with E-state index < -0.39 is 0 Å². The number of piperidine rings is 1. The number of benzene rings is 1. The van der Waals surface area contributed by atoms with E-state index in [2.05, 4.69) is 73.9 Å². The van der Waals surface area contributed by atoms with Gasteiger partial charge in [0.15, 0.2) is 5.96 Å². The molecule has 4 rings (SSSR count). The third-order valence-electron chi connectivity index (χ3n) is 5.85. The monoisotopic (exact) mass is 559 g/mol. The van der Waals surface area contributed by atoms with Crippen molar-refractivity contribution in [1.82, 2.24) is 25.4 Å². The Morgan fingerprint density at radius 1 is 1.00 bits per heavy atom. The van der Waals surface area contributed by atoms with Crippen LogP contribution < -0.4 is 15.5 Å². The smallest absolute Gasteiger partial charge is 0.191 e. The predicted octanol–water partition coefficient (Wildman–Crippen LogP) is 4.36. The van der Waals surface area contributed by atoms with E-state index >= 15 is 0 Å². The molecule has 1 saturated heterocycles. The number of para-hydroxylation sites is 1. The van der Waals surface area contributed by atoms with Crippen molar-refractivity contribution in [2.75, 3.05) is 25.0 Å². The Labute approximate surface area is 213 Å². The largest absolute Gasteiger partial charge is 0.357 e. The minimum atomic E-state index is 0. The third kappa shape index (κ3) is 6.46. The molecule has 0 spiro atoms. The van der Waals surface area contributed by atoms with Gasteiger partial charge in [0, 0.05) is 45.1 Å². The number of pyridine rings is 1. The molecule has 3 heterocycles. The quantitative estimate of drug-likeness (QED) is 0.267. The molecular weight excluding hydrogens is 525 g/mol. The van der Waals surface area contributed by atoms with E-state index in [9.17, 15) is 0 Å². The number of aryl methyl sites for hydroxylation is 2. The van der Waals surface area contributed by atoms with Crippen molar-refractivity contribution in [1.29, 1.82) is 0 Å². The maximum Gasteiger partial charge on any atom is 0.191 e. The van der Waals surface area contributed by atoms with Gasteiger partial charge in [0.25, 0.3) is 0 Å². The zero-order valence-corrected chi connectivity index (χ0v) is 22.0. The molecule has 1 aromatic carbocycles.